The van der Waals surface area contributed by atoms with Crippen molar-refractivity contribution in [3.8, 4) is 0 Å². The molecular weight excluding hydrogens is 367 g/mol. The summed E-state index contributed by atoms with van der Waals surface area (Å²) in [6, 6.07) is 4.37. The summed E-state index contributed by atoms with van der Waals surface area (Å²) in [6.45, 7) is 9.71. The van der Waals surface area contributed by atoms with Crippen LogP contribution in [0.25, 0.3) is 0 Å². The molecule has 0 aliphatic heterocycles. The Kier molecular flexibility index (Phi) is 10.5. The Morgan fingerprint density at radius 2 is 2.15 bits per heavy atom. The van der Waals surface area contributed by atoms with Crippen molar-refractivity contribution in [3.63, 3.8) is 0 Å². The number of rotatable bonds is 7. The lowest BCUT2D eigenvalue weighted by molar-refractivity contribution is 0.278. The fourth-order valence-corrected chi connectivity index (χ4v) is 1.51. The minimum atomic E-state index is 0. The van der Waals surface area contributed by atoms with Crippen molar-refractivity contribution < 1.29 is 4.42 Å². The largest absolute Gasteiger partial charge is 0.467 e. The van der Waals surface area contributed by atoms with E-state index in [1.165, 1.54) is 0 Å². The van der Waals surface area contributed by atoms with E-state index in [-0.39, 0.29) is 24.0 Å². The molecule has 20 heavy (non-hydrogen) atoms. The zero-order valence-corrected chi connectivity index (χ0v) is 15.2. The molecule has 5 nitrogen and oxygen atoms in total. The van der Waals surface area contributed by atoms with Crippen LogP contribution >= 0.6 is 24.0 Å². The zero-order chi connectivity index (χ0) is 14.1. The first-order valence-corrected chi connectivity index (χ1v) is 6.88. The minimum absolute atomic E-state index is 0. The van der Waals surface area contributed by atoms with Gasteiger partial charge in [0.15, 0.2) is 5.96 Å². The minimum Gasteiger partial charge on any atom is -0.467 e. The number of furan rings is 1. The predicted octanol–water partition coefficient (Wildman–Crippen LogP) is 2.29. The van der Waals surface area contributed by atoms with Crippen molar-refractivity contribution in [3.05, 3.63) is 24.2 Å². The number of guanidine groups is 1. The summed E-state index contributed by atoms with van der Waals surface area (Å²) in [6.07, 6.45) is 1.67. The molecule has 1 aromatic heterocycles. The monoisotopic (exact) mass is 394 g/mol. The summed E-state index contributed by atoms with van der Waals surface area (Å²) >= 11 is 0. The van der Waals surface area contributed by atoms with Crippen LogP contribution in [0.2, 0.25) is 0 Å². The van der Waals surface area contributed by atoms with Crippen LogP contribution in [0.1, 0.15) is 26.5 Å². The van der Waals surface area contributed by atoms with Crippen LogP contribution in [-0.4, -0.2) is 43.6 Å². The molecule has 0 aromatic carbocycles. The lowest BCUT2D eigenvalue weighted by Crippen LogP contribution is -2.42. The number of aliphatic imine (C=N–C) groups is 1. The van der Waals surface area contributed by atoms with E-state index in [0.29, 0.717) is 12.6 Å². The number of nitrogens with one attached hydrogen (secondary N) is 2. The van der Waals surface area contributed by atoms with E-state index in [9.17, 15) is 0 Å². The number of hydrogen-bond acceptors (Lipinski definition) is 3. The Labute approximate surface area is 139 Å². The van der Waals surface area contributed by atoms with Crippen LogP contribution in [0.3, 0.4) is 0 Å². The molecular formula is C14H27IN4O. The Hall–Kier alpha value is -0.760. The highest BCUT2D eigenvalue weighted by Gasteiger charge is 2.03. The molecule has 0 radical (unpaired) electrons. The molecule has 0 bridgehead atoms. The van der Waals surface area contributed by atoms with Gasteiger partial charge in [-0.1, -0.05) is 0 Å². The summed E-state index contributed by atoms with van der Waals surface area (Å²) in [4.78, 5) is 6.77. The van der Waals surface area contributed by atoms with Crippen LogP contribution in [0.15, 0.2) is 27.8 Å². The van der Waals surface area contributed by atoms with E-state index < -0.39 is 0 Å². The topological polar surface area (TPSA) is 52.8 Å². The molecule has 0 aliphatic carbocycles. The summed E-state index contributed by atoms with van der Waals surface area (Å²) in [5, 5.41) is 6.55. The van der Waals surface area contributed by atoms with Gasteiger partial charge in [0.05, 0.1) is 6.26 Å². The Balaban J connectivity index is 0.00000361. The van der Waals surface area contributed by atoms with E-state index in [2.05, 4.69) is 48.3 Å². The standard InChI is InChI=1S/C14H26N4O.HI/c1-5-15-14(16-8-9-18(4)12(2)3)17-11-13-7-6-10-19-13;/h6-7,10,12H,5,8-9,11H2,1-4H3,(H2,15,16,17);1H. The van der Waals surface area contributed by atoms with Crippen LogP contribution in [0.4, 0.5) is 0 Å². The molecule has 2 N–H and O–H groups in total. The average molecular weight is 394 g/mol. The Morgan fingerprint density at radius 1 is 1.40 bits per heavy atom. The first kappa shape index (κ1) is 19.2. The van der Waals surface area contributed by atoms with Gasteiger partial charge in [0.1, 0.15) is 12.3 Å². The van der Waals surface area contributed by atoms with Crippen LogP contribution in [-0.2, 0) is 6.54 Å². The van der Waals surface area contributed by atoms with Crippen molar-refractivity contribution in [2.24, 2.45) is 4.99 Å². The van der Waals surface area contributed by atoms with Crippen LogP contribution in [0.5, 0.6) is 0 Å². The third-order valence-electron chi connectivity index (χ3n) is 2.96. The highest BCUT2D eigenvalue weighted by Crippen LogP contribution is 2.01. The van der Waals surface area contributed by atoms with E-state index in [4.69, 9.17) is 4.42 Å². The molecule has 0 saturated heterocycles. The van der Waals surface area contributed by atoms with Crippen LogP contribution in [0, 0.1) is 0 Å². The van der Waals surface area contributed by atoms with Gasteiger partial charge >= 0.3 is 0 Å². The summed E-state index contributed by atoms with van der Waals surface area (Å²) in [5.74, 6) is 1.70. The summed E-state index contributed by atoms with van der Waals surface area (Å²) in [7, 11) is 2.12. The van der Waals surface area contributed by atoms with Gasteiger partial charge in [-0.3, -0.25) is 0 Å². The number of hydrogen-bond donors (Lipinski definition) is 2. The molecule has 0 atom stereocenters. The van der Waals surface area contributed by atoms with Gasteiger partial charge in [0, 0.05) is 25.7 Å². The van der Waals surface area contributed by atoms with Gasteiger partial charge in [-0.15, -0.1) is 24.0 Å². The molecule has 0 saturated carbocycles. The van der Waals surface area contributed by atoms with E-state index in [1.807, 2.05) is 12.1 Å². The Bertz CT molecular complexity index is 365. The second-order valence-electron chi connectivity index (χ2n) is 4.78. The van der Waals surface area contributed by atoms with Gasteiger partial charge in [0.25, 0.3) is 0 Å². The molecule has 1 heterocycles. The van der Waals surface area contributed by atoms with Crippen molar-refractivity contribution in [2.45, 2.75) is 33.4 Å². The van der Waals surface area contributed by atoms with Gasteiger partial charge in [0.2, 0.25) is 0 Å². The summed E-state index contributed by atoms with van der Waals surface area (Å²) in [5.41, 5.74) is 0. The van der Waals surface area contributed by atoms with Gasteiger partial charge in [-0.2, -0.15) is 0 Å². The second kappa shape index (κ2) is 11.0. The summed E-state index contributed by atoms with van der Waals surface area (Å²) < 4.78 is 5.27. The van der Waals surface area contributed by atoms with E-state index in [0.717, 1.165) is 31.4 Å². The number of likely N-dealkylation sites (N-methyl/N-ethyl adjacent to an activating group) is 1. The second-order valence-corrected chi connectivity index (χ2v) is 4.78. The average Bonchev–Trinajstić information content (AvgIpc) is 2.88. The maximum absolute atomic E-state index is 5.27. The highest BCUT2D eigenvalue weighted by atomic mass is 127. The van der Waals surface area contributed by atoms with Crippen molar-refractivity contribution in [2.75, 3.05) is 26.7 Å². The highest BCUT2D eigenvalue weighted by molar-refractivity contribution is 14.0. The van der Waals surface area contributed by atoms with Gasteiger partial charge in [-0.05, 0) is 40.0 Å². The van der Waals surface area contributed by atoms with Crippen molar-refractivity contribution in [1.82, 2.24) is 15.5 Å². The maximum Gasteiger partial charge on any atom is 0.191 e. The van der Waals surface area contributed by atoms with Crippen LogP contribution < -0.4 is 10.6 Å². The number of halogens is 1. The van der Waals surface area contributed by atoms with Crippen molar-refractivity contribution >= 4 is 29.9 Å². The predicted molar refractivity (Wildman–Crippen MR) is 94.7 cm³/mol. The molecule has 1 aromatic rings. The van der Waals surface area contributed by atoms with Gasteiger partial charge in [-0.25, -0.2) is 4.99 Å². The lowest BCUT2D eigenvalue weighted by Gasteiger charge is -2.21. The van der Waals surface area contributed by atoms with Gasteiger partial charge < -0.3 is 20.0 Å². The van der Waals surface area contributed by atoms with E-state index >= 15 is 0 Å². The molecule has 1 rings (SSSR count). The fraction of sp³-hybridized carbons (Fsp3) is 0.643. The maximum atomic E-state index is 5.27. The number of nitrogens with zero attached hydrogens (tertiary/aromatic N) is 2. The first-order valence-electron chi connectivity index (χ1n) is 6.88. The smallest absolute Gasteiger partial charge is 0.191 e. The normalized spacial score (nSPS) is 11.6. The molecule has 116 valence electrons. The quantitative estimate of drug-likeness (QED) is 0.423. The fourth-order valence-electron chi connectivity index (χ4n) is 1.51. The molecule has 0 amide bonds. The molecule has 0 fully saturated rings. The molecule has 0 unspecified atom stereocenters. The van der Waals surface area contributed by atoms with Crippen molar-refractivity contribution in [1.29, 1.82) is 0 Å². The third-order valence-corrected chi connectivity index (χ3v) is 2.96. The molecule has 0 aliphatic rings. The zero-order valence-electron chi connectivity index (χ0n) is 12.8. The van der Waals surface area contributed by atoms with E-state index in [1.54, 1.807) is 6.26 Å². The Morgan fingerprint density at radius 3 is 2.70 bits per heavy atom. The first-order chi connectivity index (χ1) is 9.13. The SMILES string of the molecule is CCNC(=NCc1ccco1)NCCN(C)C(C)C.I. The molecule has 0 spiro atoms. The lowest BCUT2D eigenvalue weighted by atomic mass is 10.3. The molecule has 6 heteroatoms. The third kappa shape index (κ3) is 7.74.